The van der Waals surface area contributed by atoms with Gasteiger partial charge in [-0.25, -0.2) is 0 Å². The summed E-state index contributed by atoms with van der Waals surface area (Å²) in [6.07, 6.45) is 1.83. The van der Waals surface area contributed by atoms with E-state index in [2.05, 4.69) is 15.4 Å². The molecule has 0 saturated carbocycles. The van der Waals surface area contributed by atoms with Crippen molar-refractivity contribution in [2.24, 2.45) is 0 Å². The molecule has 1 aliphatic heterocycles. The van der Waals surface area contributed by atoms with Gasteiger partial charge in [0.05, 0.1) is 11.1 Å². The summed E-state index contributed by atoms with van der Waals surface area (Å²) in [6, 6.07) is 4.06. The lowest BCUT2D eigenvalue weighted by atomic mass is 10.1. The quantitative estimate of drug-likeness (QED) is 0.839. The number of halogens is 3. The lowest BCUT2D eigenvalue weighted by Gasteiger charge is -2.22. The number of rotatable bonds is 6. The summed E-state index contributed by atoms with van der Waals surface area (Å²) >= 11 is 5.81. The number of hydrogen-bond donors (Lipinski definition) is 2. The van der Waals surface area contributed by atoms with Crippen LogP contribution in [0.5, 0.6) is 5.75 Å². The van der Waals surface area contributed by atoms with Crippen molar-refractivity contribution in [3.8, 4) is 5.75 Å². The molecule has 1 fully saturated rings. The van der Waals surface area contributed by atoms with E-state index in [0.29, 0.717) is 5.69 Å². The van der Waals surface area contributed by atoms with Gasteiger partial charge >= 0.3 is 6.61 Å². The number of carbonyl (C=O) groups excluding carboxylic acids is 1. The van der Waals surface area contributed by atoms with Gasteiger partial charge in [-0.05, 0) is 44.1 Å². The van der Waals surface area contributed by atoms with Crippen LogP contribution in [-0.2, 0) is 9.53 Å². The van der Waals surface area contributed by atoms with Gasteiger partial charge in [0.25, 0.3) is 0 Å². The Morgan fingerprint density at radius 1 is 1.41 bits per heavy atom. The van der Waals surface area contributed by atoms with Crippen molar-refractivity contribution in [2.45, 2.75) is 25.6 Å². The Morgan fingerprint density at radius 3 is 2.77 bits per heavy atom. The fourth-order valence-electron chi connectivity index (χ4n) is 2.12. The molecule has 2 N–H and O–H groups in total. The molecule has 22 heavy (non-hydrogen) atoms. The highest BCUT2D eigenvalue weighted by Gasteiger charge is 2.15. The number of piperidine rings is 1. The topological polar surface area (TPSA) is 59.6 Å². The highest BCUT2D eigenvalue weighted by Crippen LogP contribution is 2.28. The number of anilines is 1. The fourth-order valence-corrected chi connectivity index (χ4v) is 2.35. The molecule has 1 heterocycles. The first-order chi connectivity index (χ1) is 10.5. The molecule has 1 aromatic carbocycles. The van der Waals surface area contributed by atoms with Crippen molar-refractivity contribution < 1.29 is 23.0 Å². The third-order valence-electron chi connectivity index (χ3n) is 3.17. The molecule has 0 bridgehead atoms. The number of hydrogen-bond acceptors (Lipinski definition) is 4. The highest BCUT2D eigenvalue weighted by atomic mass is 35.5. The van der Waals surface area contributed by atoms with Gasteiger partial charge in [0, 0.05) is 5.69 Å². The summed E-state index contributed by atoms with van der Waals surface area (Å²) in [7, 11) is 0. The number of nitrogens with one attached hydrogen (secondary N) is 2. The Kier molecular flexibility index (Phi) is 6.35. The van der Waals surface area contributed by atoms with Gasteiger partial charge in [0.15, 0.2) is 0 Å². The van der Waals surface area contributed by atoms with Crippen LogP contribution in [0, 0.1) is 0 Å². The number of alkyl halides is 2. The zero-order valence-electron chi connectivity index (χ0n) is 11.8. The van der Waals surface area contributed by atoms with E-state index in [4.69, 9.17) is 16.3 Å². The van der Waals surface area contributed by atoms with Crippen LogP contribution in [-0.4, -0.2) is 38.3 Å². The highest BCUT2D eigenvalue weighted by molar-refractivity contribution is 6.32. The van der Waals surface area contributed by atoms with Crippen molar-refractivity contribution in [2.75, 3.05) is 25.0 Å². The average Bonchev–Trinajstić information content (AvgIpc) is 2.49. The maximum absolute atomic E-state index is 12.1. The van der Waals surface area contributed by atoms with Crippen molar-refractivity contribution in [3.05, 3.63) is 23.2 Å². The van der Waals surface area contributed by atoms with E-state index in [1.807, 2.05) is 0 Å². The number of carbonyl (C=O) groups is 1. The van der Waals surface area contributed by atoms with Gasteiger partial charge in [-0.1, -0.05) is 11.6 Å². The second-order valence-electron chi connectivity index (χ2n) is 4.83. The first-order valence-electron chi connectivity index (χ1n) is 6.91. The maximum Gasteiger partial charge on any atom is 0.387 e. The van der Waals surface area contributed by atoms with Gasteiger partial charge in [-0.15, -0.1) is 0 Å². The predicted octanol–water partition coefficient (Wildman–Crippen LogP) is 2.65. The molecule has 8 heteroatoms. The molecule has 122 valence electrons. The van der Waals surface area contributed by atoms with E-state index in [1.54, 1.807) is 0 Å². The van der Waals surface area contributed by atoms with E-state index in [1.165, 1.54) is 18.2 Å². The van der Waals surface area contributed by atoms with Crippen LogP contribution in [0.3, 0.4) is 0 Å². The van der Waals surface area contributed by atoms with E-state index in [9.17, 15) is 13.6 Å². The molecule has 2 rings (SSSR count). The molecule has 1 aliphatic rings. The molecule has 0 unspecified atom stereocenters. The second kappa shape index (κ2) is 8.26. The van der Waals surface area contributed by atoms with Crippen LogP contribution in [0.25, 0.3) is 0 Å². The summed E-state index contributed by atoms with van der Waals surface area (Å²) in [6.45, 7) is -1.24. The number of ether oxygens (including phenoxy) is 2. The Bertz CT molecular complexity index is 511. The van der Waals surface area contributed by atoms with Crippen LogP contribution in [0.1, 0.15) is 12.8 Å². The average molecular weight is 335 g/mol. The van der Waals surface area contributed by atoms with Gasteiger partial charge < -0.3 is 20.1 Å². The lowest BCUT2D eigenvalue weighted by molar-refractivity contribution is -0.123. The van der Waals surface area contributed by atoms with Gasteiger partial charge in [-0.3, -0.25) is 4.79 Å². The summed E-state index contributed by atoms with van der Waals surface area (Å²) in [5.74, 6) is -0.460. The molecular weight excluding hydrogens is 318 g/mol. The largest absolute Gasteiger partial charge is 0.433 e. The predicted molar refractivity (Wildman–Crippen MR) is 78.6 cm³/mol. The molecular formula is C14H17ClF2N2O3. The van der Waals surface area contributed by atoms with Crippen molar-refractivity contribution in [1.82, 2.24) is 5.32 Å². The van der Waals surface area contributed by atoms with Gasteiger partial charge in [0.2, 0.25) is 5.91 Å². The Morgan fingerprint density at radius 2 is 2.14 bits per heavy atom. The Hall–Kier alpha value is -1.44. The normalized spacial score (nSPS) is 15.8. The summed E-state index contributed by atoms with van der Waals surface area (Å²) in [4.78, 5) is 11.8. The molecule has 1 saturated heterocycles. The molecule has 0 atom stereocenters. The smallest absolute Gasteiger partial charge is 0.387 e. The van der Waals surface area contributed by atoms with Crippen molar-refractivity contribution in [1.29, 1.82) is 0 Å². The molecule has 0 radical (unpaired) electrons. The Balaban J connectivity index is 1.82. The van der Waals surface area contributed by atoms with Gasteiger partial charge in [-0.2, -0.15) is 8.78 Å². The molecule has 1 aromatic rings. The van der Waals surface area contributed by atoms with Crippen molar-refractivity contribution >= 4 is 23.2 Å². The standard InChI is InChI=1S/C14H17ClF2N2O3/c15-11-7-9(1-2-12(11)22-14(16)17)19-13(20)8-21-10-3-5-18-6-4-10/h1-2,7,10,14,18H,3-6,8H2,(H,19,20). The van der Waals surface area contributed by atoms with Crippen LogP contribution in [0.15, 0.2) is 18.2 Å². The second-order valence-corrected chi connectivity index (χ2v) is 5.24. The molecule has 0 spiro atoms. The van der Waals surface area contributed by atoms with Crippen LogP contribution >= 0.6 is 11.6 Å². The molecule has 0 aromatic heterocycles. The third-order valence-corrected chi connectivity index (χ3v) is 3.46. The summed E-state index contributed by atoms with van der Waals surface area (Å²) in [5.41, 5.74) is 0.394. The minimum atomic E-state index is -2.95. The minimum absolute atomic E-state index is 0.00243. The summed E-state index contributed by atoms with van der Waals surface area (Å²) in [5, 5.41) is 5.80. The number of amides is 1. The van der Waals surface area contributed by atoms with E-state index in [-0.39, 0.29) is 29.4 Å². The first kappa shape index (κ1) is 16.9. The lowest BCUT2D eigenvalue weighted by Crippen LogP contribution is -2.34. The van der Waals surface area contributed by atoms with Crippen LogP contribution in [0.4, 0.5) is 14.5 Å². The summed E-state index contributed by atoms with van der Waals surface area (Å²) < 4.78 is 34.0. The number of benzene rings is 1. The minimum Gasteiger partial charge on any atom is -0.433 e. The maximum atomic E-state index is 12.1. The molecule has 5 nitrogen and oxygen atoms in total. The Labute approximate surface area is 131 Å². The van der Waals surface area contributed by atoms with E-state index >= 15 is 0 Å². The molecule has 0 aliphatic carbocycles. The fraction of sp³-hybridized carbons (Fsp3) is 0.500. The van der Waals surface area contributed by atoms with E-state index in [0.717, 1.165) is 25.9 Å². The first-order valence-corrected chi connectivity index (χ1v) is 7.29. The van der Waals surface area contributed by atoms with Gasteiger partial charge in [0.1, 0.15) is 12.4 Å². The van der Waals surface area contributed by atoms with Crippen LogP contribution in [0.2, 0.25) is 5.02 Å². The zero-order chi connectivity index (χ0) is 15.9. The van der Waals surface area contributed by atoms with E-state index < -0.39 is 6.61 Å². The zero-order valence-corrected chi connectivity index (χ0v) is 12.5. The van der Waals surface area contributed by atoms with Crippen molar-refractivity contribution in [3.63, 3.8) is 0 Å². The SMILES string of the molecule is O=C(COC1CCNCC1)Nc1ccc(OC(F)F)c(Cl)c1. The van der Waals surface area contributed by atoms with Crippen LogP contribution < -0.4 is 15.4 Å². The molecule has 1 amide bonds. The monoisotopic (exact) mass is 334 g/mol. The third kappa shape index (κ3) is 5.40.